The van der Waals surface area contributed by atoms with Gasteiger partial charge in [0.1, 0.15) is 11.5 Å². The Balaban J connectivity index is 2.04. The third-order valence-electron chi connectivity index (χ3n) is 4.65. The van der Waals surface area contributed by atoms with Gasteiger partial charge in [-0.05, 0) is 60.4 Å². The maximum atomic E-state index is 10.8. The van der Waals surface area contributed by atoms with Gasteiger partial charge in [0.15, 0.2) is 0 Å². The molecule has 0 aromatic heterocycles. The fraction of sp³-hybridized carbons (Fsp3) is 0.400. The van der Waals surface area contributed by atoms with Crippen LogP contribution in [-0.4, -0.2) is 73.0 Å². The Morgan fingerprint density at radius 3 is 1.34 bits per heavy atom. The topological polar surface area (TPSA) is 173 Å². The first-order chi connectivity index (χ1) is 14.7. The molecule has 0 amide bonds. The van der Waals surface area contributed by atoms with E-state index in [0.717, 1.165) is 22.3 Å². The molecule has 0 heterocycles. The van der Waals surface area contributed by atoms with Crippen LogP contribution in [0.3, 0.4) is 0 Å². The van der Waals surface area contributed by atoms with Crippen molar-refractivity contribution in [1.82, 2.24) is 0 Å². The first-order valence-corrected chi connectivity index (χ1v) is 12.9. The molecular weight excluding hydrogens is 460 g/mol. The van der Waals surface area contributed by atoms with Crippen LogP contribution in [0.4, 0.5) is 11.4 Å². The van der Waals surface area contributed by atoms with E-state index in [4.69, 9.17) is 9.11 Å². The van der Waals surface area contributed by atoms with E-state index in [1.165, 1.54) is 0 Å². The zero-order chi connectivity index (χ0) is 24.1. The van der Waals surface area contributed by atoms with Crippen LogP contribution in [0, 0.1) is 13.8 Å². The molecule has 0 aliphatic rings. The minimum absolute atomic E-state index is 0.0388. The van der Waals surface area contributed by atoms with E-state index in [9.17, 15) is 27.0 Å². The van der Waals surface area contributed by atoms with Crippen LogP contribution in [-0.2, 0) is 20.2 Å². The number of aliphatic hydroxyl groups is 2. The molecule has 2 rings (SSSR count). The summed E-state index contributed by atoms with van der Waals surface area (Å²) in [6, 6.07) is 11.2. The third-order valence-corrected chi connectivity index (χ3v) is 6.26. The van der Waals surface area contributed by atoms with Crippen LogP contribution >= 0.6 is 0 Å². The van der Waals surface area contributed by atoms with Crippen LogP contribution in [0.5, 0.6) is 0 Å². The van der Waals surface area contributed by atoms with E-state index in [-0.39, 0.29) is 13.1 Å². The van der Waals surface area contributed by atoms with Gasteiger partial charge in [0.05, 0.1) is 12.2 Å². The maximum absolute atomic E-state index is 10.8. The Kier molecular flexibility index (Phi) is 8.62. The second-order valence-electron chi connectivity index (χ2n) is 7.63. The van der Waals surface area contributed by atoms with E-state index in [1.807, 2.05) is 38.1 Å². The molecule has 0 spiro atoms. The molecule has 2 aromatic rings. The number of aryl methyl sites for hydroxylation is 2. The second kappa shape index (κ2) is 10.6. The molecule has 10 nitrogen and oxygen atoms in total. The van der Waals surface area contributed by atoms with E-state index < -0.39 is 43.9 Å². The van der Waals surface area contributed by atoms with Gasteiger partial charge in [-0.1, -0.05) is 12.1 Å². The monoisotopic (exact) mass is 488 g/mol. The molecule has 0 radical (unpaired) electrons. The predicted octanol–water partition coefficient (Wildman–Crippen LogP) is 1.29. The Morgan fingerprint density at radius 2 is 1.06 bits per heavy atom. The molecule has 6 N–H and O–H groups in total. The van der Waals surface area contributed by atoms with Crippen LogP contribution in [0.25, 0.3) is 11.1 Å². The van der Waals surface area contributed by atoms with Crippen molar-refractivity contribution >= 4 is 31.6 Å². The van der Waals surface area contributed by atoms with Crippen molar-refractivity contribution in [3.05, 3.63) is 47.5 Å². The molecule has 2 atom stereocenters. The number of hydrogen-bond donors (Lipinski definition) is 6. The highest BCUT2D eigenvalue weighted by atomic mass is 32.2. The van der Waals surface area contributed by atoms with Crippen molar-refractivity contribution in [2.45, 2.75) is 26.1 Å². The van der Waals surface area contributed by atoms with Crippen molar-refractivity contribution in [3.63, 3.8) is 0 Å². The molecule has 0 fully saturated rings. The van der Waals surface area contributed by atoms with E-state index in [1.54, 1.807) is 12.1 Å². The van der Waals surface area contributed by atoms with Gasteiger partial charge in [-0.25, -0.2) is 0 Å². The lowest BCUT2D eigenvalue weighted by molar-refractivity contribution is 0.207. The average molecular weight is 489 g/mol. The highest BCUT2D eigenvalue weighted by Crippen LogP contribution is 2.28. The summed E-state index contributed by atoms with van der Waals surface area (Å²) in [7, 11) is -8.50. The van der Waals surface area contributed by atoms with Crippen molar-refractivity contribution in [2.75, 3.05) is 35.2 Å². The molecule has 2 aromatic carbocycles. The molecule has 2 unspecified atom stereocenters. The number of benzene rings is 2. The van der Waals surface area contributed by atoms with Gasteiger partial charge in [-0.3, -0.25) is 9.11 Å². The van der Waals surface area contributed by atoms with Crippen molar-refractivity contribution in [1.29, 1.82) is 0 Å². The summed E-state index contributed by atoms with van der Waals surface area (Å²) >= 11 is 0. The summed E-state index contributed by atoms with van der Waals surface area (Å²) in [5.74, 6) is -1.49. The normalized spacial score (nSPS) is 14.1. The van der Waals surface area contributed by atoms with Crippen LogP contribution in [0.2, 0.25) is 0 Å². The van der Waals surface area contributed by atoms with E-state index in [0.29, 0.717) is 11.4 Å². The lowest BCUT2D eigenvalue weighted by atomic mass is 10.00. The molecule has 0 aliphatic heterocycles. The molecule has 0 saturated carbocycles. The smallest absolute Gasteiger partial charge is 0.267 e. The number of anilines is 2. The maximum Gasteiger partial charge on any atom is 0.267 e. The summed E-state index contributed by atoms with van der Waals surface area (Å²) < 4.78 is 60.8. The molecule has 0 aliphatic carbocycles. The van der Waals surface area contributed by atoms with Gasteiger partial charge in [0.2, 0.25) is 0 Å². The van der Waals surface area contributed by atoms with Gasteiger partial charge in [-0.15, -0.1) is 0 Å². The Morgan fingerprint density at radius 1 is 0.719 bits per heavy atom. The summed E-state index contributed by atoms with van der Waals surface area (Å²) in [6.45, 7) is 3.65. The van der Waals surface area contributed by atoms with Gasteiger partial charge >= 0.3 is 0 Å². The summed E-state index contributed by atoms with van der Waals surface area (Å²) in [4.78, 5) is 0. The summed E-state index contributed by atoms with van der Waals surface area (Å²) in [5.41, 5.74) is 5.02. The highest BCUT2D eigenvalue weighted by Gasteiger charge is 2.15. The van der Waals surface area contributed by atoms with E-state index in [2.05, 4.69) is 10.6 Å². The highest BCUT2D eigenvalue weighted by molar-refractivity contribution is 7.86. The van der Waals surface area contributed by atoms with Crippen molar-refractivity contribution in [2.24, 2.45) is 0 Å². The SMILES string of the molecule is Cc1cc(-c2ccc(NCC(O)CS(=O)(=O)O)c(C)c2)ccc1NCC(O)CS(=O)(=O)O. The predicted molar refractivity (Wildman–Crippen MR) is 123 cm³/mol. The first-order valence-electron chi connectivity index (χ1n) is 9.69. The molecule has 32 heavy (non-hydrogen) atoms. The van der Waals surface area contributed by atoms with E-state index >= 15 is 0 Å². The molecule has 0 saturated heterocycles. The third kappa shape index (κ3) is 8.73. The Hall–Kier alpha value is -2.22. The van der Waals surface area contributed by atoms with Gasteiger partial charge in [0.25, 0.3) is 20.2 Å². The van der Waals surface area contributed by atoms with Crippen LogP contribution in [0.1, 0.15) is 11.1 Å². The number of hydrogen-bond acceptors (Lipinski definition) is 8. The molecular formula is C20H28N2O8S2. The summed E-state index contributed by atoms with van der Waals surface area (Å²) in [6.07, 6.45) is -2.49. The fourth-order valence-corrected chi connectivity index (χ4v) is 4.35. The average Bonchev–Trinajstić information content (AvgIpc) is 2.63. The Bertz CT molecular complexity index is 1060. The van der Waals surface area contributed by atoms with Gasteiger partial charge in [-0.2, -0.15) is 16.8 Å². The fourth-order valence-electron chi connectivity index (χ4n) is 3.14. The minimum atomic E-state index is -4.25. The minimum Gasteiger partial charge on any atom is -0.390 e. The zero-order valence-electron chi connectivity index (χ0n) is 17.7. The van der Waals surface area contributed by atoms with Crippen LogP contribution < -0.4 is 10.6 Å². The first kappa shape index (κ1) is 26.0. The lowest BCUT2D eigenvalue weighted by Crippen LogP contribution is -2.28. The van der Waals surface area contributed by atoms with Crippen molar-refractivity contribution in [3.8, 4) is 11.1 Å². The summed E-state index contributed by atoms with van der Waals surface area (Å²) in [5, 5.41) is 25.3. The lowest BCUT2D eigenvalue weighted by Gasteiger charge is -2.16. The van der Waals surface area contributed by atoms with Gasteiger partial charge in [0, 0.05) is 24.5 Å². The zero-order valence-corrected chi connectivity index (χ0v) is 19.3. The van der Waals surface area contributed by atoms with Gasteiger partial charge < -0.3 is 20.8 Å². The molecule has 178 valence electrons. The Labute approximate surface area is 187 Å². The number of aliphatic hydroxyl groups excluding tert-OH is 2. The van der Waals surface area contributed by atoms with Crippen LogP contribution in [0.15, 0.2) is 36.4 Å². The second-order valence-corrected chi connectivity index (χ2v) is 10.6. The quantitative estimate of drug-likeness (QED) is 0.253. The largest absolute Gasteiger partial charge is 0.390 e. The number of nitrogens with one attached hydrogen (secondary N) is 2. The molecule has 0 bridgehead atoms. The standard InChI is InChI=1S/C20H28N2O8S2/c1-13-7-15(3-5-19(13)21-9-17(23)11-31(25,26)27)16-4-6-20(14(2)8-16)22-10-18(24)12-32(28,29)30/h3-8,17-18,21-24H,9-12H2,1-2H3,(H,25,26,27)(H,28,29,30). The number of rotatable bonds is 11. The molecule has 12 heteroatoms. The van der Waals surface area contributed by atoms with Crippen molar-refractivity contribution < 1.29 is 36.2 Å².